The molecule has 31 heavy (non-hydrogen) atoms. The molecule has 0 saturated heterocycles. The molecule has 0 saturated carbocycles. The molecule has 0 heterocycles. The second-order valence-corrected chi connectivity index (χ2v) is 9.21. The van der Waals surface area contributed by atoms with Crippen LogP contribution in [0.5, 0.6) is 0 Å². The van der Waals surface area contributed by atoms with E-state index >= 15 is 0 Å². The Labute approximate surface area is 182 Å². The third-order valence-corrected chi connectivity index (χ3v) is 6.13. The van der Waals surface area contributed by atoms with E-state index in [-0.39, 0.29) is 5.69 Å². The van der Waals surface area contributed by atoms with Crippen molar-refractivity contribution in [3.63, 3.8) is 0 Å². The van der Waals surface area contributed by atoms with Gasteiger partial charge in [0.15, 0.2) is 0 Å². The van der Waals surface area contributed by atoms with Crippen LogP contribution in [0.1, 0.15) is 18.1 Å². The topological polar surface area (TPSA) is 57.7 Å². The summed E-state index contributed by atoms with van der Waals surface area (Å²) in [5, 5.41) is 0. The van der Waals surface area contributed by atoms with Gasteiger partial charge in [0, 0.05) is 13.1 Å². The van der Waals surface area contributed by atoms with E-state index in [1.54, 1.807) is 11.0 Å². The molecule has 162 valence electrons. The average Bonchev–Trinajstić information content (AvgIpc) is 2.75. The van der Waals surface area contributed by atoms with Crippen LogP contribution in [0, 0.1) is 5.82 Å². The van der Waals surface area contributed by atoms with E-state index in [9.17, 15) is 17.6 Å². The van der Waals surface area contributed by atoms with Gasteiger partial charge >= 0.3 is 0 Å². The van der Waals surface area contributed by atoms with Crippen LogP contribution in [0.25, 0.3) is 0 Å². The van der Waals surface area contributed by atoms with Crippen LogP contribution in [0.4, 0.5) is 10.1 Å². The highest BCUT2D eigenvalue weighted by Gasteiger charge is 2.33. The monoisotopic (exact) mass is 440 g/mol. The van der Waals surface area contributed by atoms with Crippen LogP contribution in [0.2, 0.25) is 0 Å². The molecule has 0 bridgehead atoms. The first-order valence-corrected chi connectivity index (χ1v) is 11.7. The number of para-hydroxylation sites is 1. The van der Waals surface area contributed by atoms with Gasteiger partial charge in [0.1, 0.15) is 11.9 Å². The van der Waals surface area contributed by atoms with E-state index in [1.165, 1.54) is 25.1 Å². The van der Waals surface area contributed by atoms with Gasteiger partial charge in [-0.2, -0.15) is 0 Å². The Morgan fingerprint density at radius 1 is 0.839 bits per heavy atom. The third-order valence-electron chi connectivity index (χ3n) is 4.90. The predicted molar refractivity (Wildman–Crippen MR) is 120 cm³/mol. The van der Waals surface area contributed by atoms with Gasteiger partial charge in [-0.25, -0.2) is 12.8 Å². The summed E-state index contributed by atoms with van der Waals surface area (Å²) in [6, 6.07) is 23.3. The molecule has 3 aromatic rings. The van der Waals surface area contributed by atoms with Crippen molar-refractivity contribution >= 4 is 21.6 Å². The van der Waals surface area contributed by atoms with Crippen LogP contribution < -0.4 is 4.31 Å². The van der Waals surface area contributed by atoms with Gasteiger partial charge in [-0.05, 0) is 30.2 Å². The van der Waals surface area contributed by atoms with E-state index in [0.29, 0.717) is 13.1 Å². The van der Waals surface area contributed by atoms with Crippen molar-refractivity contribution in [1.29, 1.82) is 0 Å². The van der Waals surface area contributed by atoms with Crippen LogP contribution in [-0.4, -0.2) is 31.5 Å². The molecule has 7 heteroatoms. The summed E-state index contributed by atoms with van der Waals surface area (Å²) in [5.74, 6) is -1.12. The zero-order chi connectivity index (χ0) is 22.4. The number of anilines is 1. The first-order chi connectivity index (χ1) is 14.8. The number of nitrogens with zero attached hydrogens (tertiary/aromatic N) is 2. The smallest absolute Gasteiger partial charge is 0.246 e. The summed E-state index contributed by atoms with van der Waals surface area (Å²) < 4.78 is 40.4. The van der Waals surface area contributed by atoms with E-state index in [1.807, 2.05) is 60.7 Å². The molecule has 0 spiro atoms. The summed E-state index contributed by atoms with van der Waals surface area (Å²) in [5.41, 5.74) is 1.68. The van der Waals surface area contributed by atoms with Crippen LogP contribution in [0.3, 0.4) is 0 Å². The molecule has 1 amide bonds. The maximum atomic E-state index is 14.5. The molecule has 0 fully saturated rings. The van der Waals surface area contributed by atoms with Gasteiger partial charge in [-0.3, -0.25) is 9.10 Å². The van der Waals surface area contributed by atoms with Crippen molar-refractivity contribution in [2.24, 2.45) is 0 Å². The predicted octanol–water partition coefficient (Wildman–Crippen LogP) is 4.21. The highest BCUT2D eigenvalue weighted by atomic mass is 32.2. The molecule has 3 rings (SSSR count). The zero-order valence-corrected chi connectivity index (χ0v) is 18.3. The molecule has 0 radical (unpaired) electrons. The SMILES string of the molecule is C[C@@H](C(=O)N(Cc1ccccc1)Cc1ccccc1)N(c1ccccc1F)S(C)(=O)=O. The number of benzene rings is 3. The third kappa shape index (κ3) is 5.70. The van der Waals surface area contributed by atoms with Crippen molar-refractivity contribution < 1.29 is 17.6 Å². The van der Waals surface area contributed by atoms with Crippen molar-refractivity contribution in [1.82, 2.24) is 4.90 Å². The molecule has 3 aromatic carbocycles. The normalized spacial score (nSPS) is 12.2. The molecule has 0 aliphatic carbocycles. The number of hydrogen-bond acceptors (Lipinski definition) is 3. The highest BCUT2D eigenvalue weighted by Crippen LogP contribution is 2.25. The fraction of sp³-hybridized carbons (Fsp3) is 0.208. The Bertz CT molecular complexity index is 1080. The number of carbonyl (C=O) groups is 1. The standard InChI is InChI=1S/C24H25FN2O3S/c1-19(27(31(2,29)30)23-16-10-9-15-22(23)25)24(28)26(17-20-11-5-3-6-12-20)18-21-13-7-4-8-14-21/h3-16,19H,17-18H2,1-2H3/t19-/m0/s1. The zero-order valence-electron chi connectivity index (χ0n) is 17.5. The number of carbonyl (C=O) groups excluding carboxylic acids is 1. The lowest BCUT2D eigenvalue weighted by Crippen LogP contribution is -2.49. The molecule has 0 aliphatic heterocycles. The Balaban J connectivity index is 1.96. The minimum Gasteiger partial charge on any atom is -0.332 e. The molecule has 0 aliphatic rings. The van der Waals surface area contributed by atoms with Gasteiger partial charge in [0.05, 0.1) is 11.9 Å². The number of sulfonamides is 1. The molecule has 0 N–H and O–H groups in total. The minimum absolute atomic E-state index is 0.148. The summed E-state index contributed by atoms with van der Waals surface area (Å²) in [4.78, 5) is 15.1. The fourth-order valence-corrected chi connectivity index (χ4v) is 4.66. The van der Waals surface area contributed by atoms with Gasteiger partial charge < -0.3 is 4.90 Å². The average molecular weight is 441 g/mol. The summed E-state index contributed by atoms with van der Waals surface area (Å²) in [7, 11) is -3.92. The number of amides is 1. The lowest BCUT2D eigenvalue weighted by Gasteiger charge is -2.33. The maximum absolute atomic E-state index is 14.5. The number of halogens is 1. The Kier molecular flexibility index (Phi) is 7.07. The molecule has 0 aromatic heterocycles. The van der Waals surface area contributed by atoms with Crippen LogP contribution in [0.15, 0.2) is 84.9 Å². The van der Waals surface area contributed by atoms with Gasteiger partial charge in [-0.15, -0.1) is 0 Å². The number of hydrogen-bond donors (Lipinski definition) is 0. The quantitative estimate of drug-likeness (QED) is 0.527. The number of rotatable bonds is 8. The van der Waals surface area contributed by atoms with Crippen LogP contribution in [-0.2, 0) is 27.9 Å². The van der Waals surface area contributed by atoms with Gasteiger partial charge in [0.2, 0.25) is 15.9 Å². The van der Waals surface area contributed by atoms with Crippen molar-refractivity contribution in [3.8, 4) is 0 Å². The largest absolute Gasteiger partial charge is 0.332 e. The highest BCUT2D eigenvalue weighted by molar-refractivity contribution is 7.92. The minimum atomic E-state index is -3.92. The van der Waals surface area contributed by atoms with Crippen molar-refractivity contribution in [2.45, 2.75) is 26.1 Å². The van der Waals surface area contributed by atoms with Crippen molar-refractivity contribution in [3.05, 3.63) is 102 Å². The summed E-state index contributed by atoms with van der Waals surface area (Å²) in [6.45, 7) is 2.08. The van der Waals surface area contributed by atoms with E-state index < -0.39 is 27.8 Å². The molecule has 5 nitrogen and oxygen atoms in total. The lowest BCUT2D eigenvalue weighted by molar-refractivity contribution is -0.133. The van der Waals surface area contributed by atoms with Gasteiger partial charge in [-0.1, -0.05) is 72.8 Å². The Hall–Kier alpha value is -3.19. The molecular weight excluding hydrogens is 415 g/mol. The molecule has 1 atom stereocenters. The van der Waals surface area contributed by atoms with E-state index in [2.05, 4.69) is 0 Å². The second-order valence-electron chi connectivity index (χ2n) is 7.35. The van der Waals surface area contributed by atoms with Gasteiger partial charge in [0.25, 0.3) is 0 Å². The molecular formula is C24H25FN2O3S. The fourth-order valence-electron chi connectivity index (χ4n) is 3.49. The van der Waals surface area contributed by atoms with E-state index in [0.717, 1.165) is 21.7 Å². The first-order valence-electron chi connectivity index (χ1n) is 9.88. The second kappa shape index (κ2) is 9.75. The van der Waals surface area contributed by atoms with Crippen molar-refractivity contribution in [2.75, 3.05) is 10.6 Å². The first kappa shape index (κ1) is 22.5. The lowest BCUT2D eigenvalue weighted by atomic mass is 10.1. The maximum Gasteiger partial charge on any atom is 0.246 e. The molecule has 0 unspecified atom stereocenters. The van der Waals surface area contributed by atoms with Crippen LogP contribution >= 0.6 is 0 Å². The van der Waals surface area contributed by atoms with E-state index in [4.69, 9.17) is 0 Å². The summed E-state index contributed by atoms with van der Waals surface area (Å²) in [6.07, 6.45) is 0.974. The Morgan fingerprint density at radius 2 is 1.29 bits per heavy atom. The Morgan fingerprint density at radius 3 is 1.74 bits per heavy atom. The summed E-state index contributed by atoms with van der Waals surface area (Å²) >= 11 is 0.